The SMILES string of the molecule is COc1cc(C[C@@H](N)COc2ccc3ncc(F)cc3c2C(=O)OCc2ccccc2)nc(Cl)n1. The van der Waals surface area contributed by atoms with Crippen molar-refractivity contribution in [2.75, 3.05) is 13.7 Å². The molecule has 2 aromatic carbocycles. The fourth-order valence-corrected chi connectivity index (χ4v) is 3.65. The van der Waals surface area contributed by atoms with Crippen LogP contribution in [0.15, 0.2) is 60.8 Å². The van der Waals surface area contributed by atoms with E-state index in [1.165, 1.54) is 13.2 Å². The summed E-state index contributed by atoms with van der Waals surface area (Å²) in [6.45, 7) is 0.0885. The number of pyridine rings is 1. The zero-order chi connectivity index (χ0) is 24.8. The Bertz CT molecular complexity index is 1340. The number of ether oxygens (including phenoxy) is 3. The van der Waals surface area contributed by atoms with Gasteiger partial charge >= 0.3 is 5.97 Å². The lowest BCUT2D eigenvalue weighted by molar-refractivity contribution is 0.0470. The molecule has 0 amide bonds. The highest BCUT2D eigenvalue weighted by atomic mass is 35.5. The number of fused-ring (bicyclic) bond motifs is 1. The molecule has 4 rings (SSSR count). The molecule has 8 nitrogen and oxygen atoms in total. The Hall–Kier alpha value is -3.82. The average Bonchev–Trinajstić information content (AvgIpc) is 2.85. The summed E-state index contributed by atoms with van der Waals surface area (Å²) in [6.07, 6.45) is 1.40. The number of methoxy groups -OCH3 is 1. The van der Waals surface area contributed by atoms with Crippen molar-refractivity contribution < 1.29 is 23.4 Å². The Morgan fingerprint density at radius 1 is 1.14 bits per heavy atom. The molecule has 180 valence electrons. The van der Waals surface area contributed by atoms with Crippen LogP contribution in [0.3, 0.4) is 0 Å². The van der Waals surface area contributed by atoms with E-state index in [2.05, 4.69) is 15.0 Å². The van der Waals surface area contributed by atoms with Crippen LogP contribution in [0, 0.1) is 5.82 Å². The number of rotatable bonds is 9. The van der Waals surface area contributed by atoms with E-state index in [4.69, 9.17) is 31.5 Å². The summed E-state index contributed by atoms with van der Waals surface area (Å²) in [4.78, 5) is 25.2. The summed E-state index contributed by atoms with van der Waals surface area (Å²) in [7, 11) is 1.47. The molecule has 2 N–H and O–H groups in total. The molecule has 0 unspecified atom stereocenters. The van der Waals surface area contributed by atoms with Crippen LogP contribution in [-0.2, 0) is 17.8 Å². The van der Waals surface area contributed by atoms with Crippen LogP contribution in [-0.4, -0.2) is 40.7 Å². The number of halogens is 2. The molecular formula is C25H22ClFN4O4. The maximum Gasteiger partial charge on any atom is 0.342 e. The maximum atomic E-state index is 14.0. The van der Waals surface area contributed by atoms with E-state index in [0.717, 1.165) is 11.8 Å². The van der Waals surface area contributed by atoms with Gasteiger partial charge in [-0.25, -0.2) is 14.2 Å². The Morgan fingerprint density at radius 2 is 1.94 bits per heavy atom. The van der Waals surface area contributed by atoms with Gasteiger partial charge in [0.1, 0.15) is 30.3 Å². The highest BCUT2D eigenvalue weighted by molar-refractivity contribution is 6.28. The van der Waals surface area contributed by atoms with E-state index in [1.54, 1.807) is 18.2 Å². The lowest BCUT2D eigenvalue weighted by Crippen LogP contribution is -2.31. The number of hydrogen-bond acceptors (Lipinski definition) is 8. The summed E-state index contributed by atoms with van der Waals surface area (Å²) in [5, 5.41) is 0.321. The molecule has 0 saturated carbocycles. The summed E-state index contributed by atoms with van der Waals surface area (Å²) < 4.78 is 30.5. The third-order valence-electron chi connectivity index (χ3n) is 5.07. The minimum absolute atomic E-state index is 0.0388. The normalized spacial score (nSPS) is 11.8. The van der Waals surface area contributed by atoms with Crippen LogP contribution in [0.4, 0.5) is 4.39 Å². The number of benzene rings is 2. The van der Waals surface area contributed by atoms with Gasteiger partial charge in [0.05, 0.1) is 24.5 Å². The van der Waals surface area contributed by atoms with Crippen LogP contribution >= 0.6 is 11.6 Å². The lowest BCUT2D eigenvalue weighted by Gasteiger charge is -2.17. The van der Waals surface area contributed by atoms with E-state index in [-0.39, 0.29) is 35.2 Å². The number of carbonyl (C=O) groups is 1. The average molecular weight is 497 g/mol. The maximum absolute atomic E-state index is 14.0. The first kappa shape index (κ1) is 24.3. The van der Waals surface area contributed by atoms with Gasteiger partial charge in [-0.05, 0) is 35.4 Å². The molecule has 0 aliphatic carbocycles. The minimum atomic E-state index is -0.664. The second kappa shape index (κ2) is 11.1. The number of nitrogens with two attached hydrogens (primary N) is 1. The number of carbonyl (C=O) groups excluding carboxylic acids is 1. The number of nitrogens with zero attached hydrogens (tertiary/aromatic N) is 3. The highest BCUT2D eigenvalue weighted by Crippen LogP contribution is 2.29. The van der Waals surface area contributed by atoms with Gasteiger partial charge in [0.25, 0.3) is 0 Å². The smallest absolute Gasteiger partial charge is 0.342 e. The summed E-state index contributed by atoms with van der Waals surface area (Å²) in [6, 6.07) is 14.8. The first-order valence-corrected chi connectivity index (χ1v) is 11.1. The molecule has 2 aromatic heterocycles. The summed E-state index contributed by atoms with van der Waals surface area (Å²) >= 11 is 5.92. The molecule has 2 heterocycles. The van der Waals surface area contributed by atoms with Crippen molar-refractivity contribution in [2.45, 2.75) is 19.1 Å². The molecule has 0 fully saturated rings. The van der Waals surface area contributed by atoms with Crippen molar-refractivity contribution in [3.63, 3.8) is 0 Å². The van der Waals surface area contributed by atoms with Crippen molar-refractivity contribution in [1.29, 1.82) is 0 Å². The van der Waals surface area contributed by atoms with Gasteiger partial charge < -0.3 is 19.9 Å². The van der Waals surface area contributed by atoms with Crippen LogP contribution in [0.5, 0.6) is 11.6 Å². The highest BCUT2D eigenvalue weighted by Gasteiger charge is 2.21. The van der Waals surface area contributed by atoms with Crippen LogP contribution in [0.2, 0.25) is 5.28 Å². The van der Waals surface area contributed by atoms with E-state index in [9.17, 15) is 9.18 Å². The van der Waals surface area contributed by atoms with Crippen LogP contribution < -0.4 is 15.2 Å². The van der Waals surface area contributed by atoms with Gasteiger partial charge in [0.15, 0.2) is 0 Å². The second-order valence-electron chi connectivity index (χ2n) is 7.67. The zero-order valence-electron chi connectivity index (χ0n) is 18.8. The van der Waals surface area contributed by atoms with Crippen molar-refractivity contribution >= 4 is 28.5 Å². The minimum Gasteiger partial charge on any atom is -0.491 e. The molecule has 10 heteroatoms. The monoisotopic (exact) mass is 496 g/mol. The standard InChI is InChI=1S/C25H22ClFN4O4/c1-33-22-11-18(30-25(26)31-22)10-17(28)14-34-21-8-7-20-19(9-16(27)12-29-20)23(21)24(32)35-13-15-5-3-2-4-6-15/h2-9,11-12,17H,10,13-14,28H2,1H3/t17-/m1/s1. The van der Waals surface area contributed by atoms with Crippen LogP contribution in [0.25, 0.3) is 10.9 Å². The fraction of sp³-hybridized carbons (Fsp3) is 0.200. The predicted octanol–water partition coefficient (Wildman–Crippen LogP) is 4.13. The van der Waals surface area contributed by atoms with Crippen molar-refractivity contribution in [3.8, 4) is 11.6 Å². The topological polar surface area (TPSA) is 109 Å². The largest absolute Gasteiger partial charge is 0.491 e. The first-order valence-electron chi connectivity index (χ1n) is 10.7. The second-order valence-corrected chi connectivity index (χ2v) is 8.00. The van der Waals surface area contributed by atoms with E-state index in [1.807, 2.05) is 30.3 Å². The van der Waals surface area contributed by atoms with Crippen LogP contribution in [0.1, 0.15) is 21.6 Å². The third-order valence-corrected chi connectivity index (χ3v) is 5.24. The summed E-state index contributed by atoms with van der Waals surface area (Å²) in [5.41, 5.74) is 8.12. The molecule has 35 heavy (non-hydrogen) atoms. The fourth-order valence-electron chi connectivity index (χ4n) is 3.45. The molecule has 0 aliphatic rings. The first-order chi connectivity index (χ1) is 16.9. The van der Waals surface area contributed by atoms with Gasteiger partial charge in [-0.2, -0.15) is 4.98 Å². The van der Waals surface area contributed by atoms with Crippen molar-refractivity contribution in [3.05, 3.63) is 88.7 Å². The molecule has 0 spiro atoms. The third kappa shape index (κ3) is 6.20. The number of aromatic nitrogens is 3. The Labute approximate surface area is 205 Å². The Kier molecular flexibility index (Phi) is 7.69. The lowest BCUT2D eigenvalue weighted by atomic mass is 10.1. The predicted molar refractivity (Wildman–Crippen MR) is 128 cm³/mol. The summed E-state index contributed by atoms with van der Waals surface area (Å²) in [5.74, 6) is -0.724. The van der Waals surface area contributed by atoms with Gasteiger partial charge in [-0.3, -0.25) is 4.98 Å². The molecule has 0 radical (unpaired) electrons. The van der Waals surface area contributed by atoms with E-state index in [0.29, 0.717) is 23.5 Å². The van der Waals surface area contributed by atoms with E-state index < -0.39 is 17.8 Å². The van der Waals surface area contributed by atoms with Gasteiger partial charge in [0.2, 0.25) is 11.2 Å². The molecule has 0 bridgehead atoms. The molecular weight excluding hydrogens is 475 g/mol. The molecule has 0 aliphatic heterocycles. The van der Waals surface area contributed by atoms with Gasteiger partial charge in [0, 0.05) is 23.9 Å². The van der Waals surface area contributed by atoms with Crippen molar-refractivity contribution in [2.24, 2.45) is 5.73 Å². The zero-order valence-corrected chi connectivity index (χ0v) is 19.5. The quantitative estimate of drug-likeness (QED) is 0.272. The molecule has 0 saturated heterocycles. The Morgan fingerprint density at radius 3 is 2.71 bits per heavy atom. The van der Waals surface area contributed by atoms with Gasteiger partial charge in [-0.15, -0.1) is 0 Å². The van der Waals surface area contributed by atoms with Gasteiger partial charge in [-0.1, -0.05) is 30.3 Å². The Balaban J connectivity index is 1.54. The molecule has 4 aromatic rings. The van der Waals surface area contributed by atoms with Crippen molar-refractivity contribution in [1.82, 2.24) is 15.0 Å². The number of esters is 1. The number of hydrogen-bond donors (Lipinski definition) is 1. The molecule has 1 atom stereocenters. The van der Waals surface area contributed by atoms with E-state index >= 15 is 0 Å².